The molecule has 3 rings (SSSR count). The second kappa shape index (κ2) is 7.50. The van der Waals surface area contributed by atoms with Crippen LogP contribution in [0.2, 0.25) is 0 Å². The van der Waals surface area contributed by atoms with Gasteiger partial charge in [0.25, 0.3) is 5.91 Å². The Morgan fingerprint density at radius 2 is 2.04 bits per heavy atom. The third-order valence-corrected chi connectivity index (χ3v) is 4.55. The van der Waals surface area contributed by atoms with Gasteiger partial charge in [0.15, 0.2) is 0 Å². The first-order valence-electron chi connectivity index (χ1n) is 7.18. The molecule has 3 aromatic rings. The Morgan fingerprint density at radius 1 is 1.25 bits per heavy atom. The Hall–Kier alpha value is -2.32. The lowest BCUT2D eigenvalue weighted by Crippen LogP contribution is -2.13. The minimum absolute atomic E-state index is 0.234. The number of amides is 1. The molecule has 0 bridgehead atoms. The van der Waals surface area contributed by atoms with Crippen molar-refractivity contribution in [2.24, 2.45) is 0 Å². The predicted octanol–water partition coefficient (Wildman–Crippen LogP) is 4.30. The lowest BCUT2D eigenvalue weighted by atomic mass is 10.2. The van der Waals surface area contributed by atoms with Gasteiger partial charge in [-0.1, -0.05) is 34.2 Å². The van der Waals surface area contributed by atoms with Crippen molar-refractivity contribution in [3.63, 3.8) is 0 Å². The summed E-state index contributed by atoms with van der Waals surface area (Å²) in [7, 11) is 0. The van der Waals surface area contributed by atoms with Gasteiger partial charge in [-0.3, -0.25) is 10.1 Å². The molecule has 0 saturated carbocycles. The van der Waals surface area contributed by atoms with Crippen LogP contribution in [0.25, 0.3) is 0 Å². The highest BCUT2D eigenvalue weighted by Gasteiger charge is 2.16. The summed E-state index contributed by atoms with van der Waals surface area (Å²) in [6.07, 6.45) is 2.35. The third kappa shape index (κ3) is 3.95. The molecule has 8 heteroatoms. The van der Waals surface area contributed by atoms with Gasteiger partial charge in [0.05, 0.1) is 0 Å². The summed E-state index contributed by atoms with van der Waals surface area (Å²) in [5.41, 5.74) is 0.327. The Morgan fingerprint density at radius 3 is 2.75 bits per heavy atom. The number of anilines is 1. The minimum atomic E-state index is -0.339. The third-order valence-electron chi connectivity index (χ3n) is 3.03. The lowest BCUT2D eigenvalue weighted by molar-refractivity contribution is 0.102. The topological polar surface area (TPSA) is 77.0 Å². The van der Waals surface area contributed by atoms with Crippen LogP contribution in [0.15, 0.2) is 47.1 Å². The number of carbonyl (C=O) groups excluding carboxylic acids is 1. The van der Waals surface area contributed by atoms with Crippen LogP contribution >= 0.6 is 27.3 Å². The van der Waals surface area contributed by atoms with Crippen LogP contribution in [0.1, 0.15) is 22.3 Å². The van der Waals surface area contributed by atoms with Gasteiger partial charge in [0, 0.05) is 10.7 Å². The Kier molecular flexibility index (Phi) is 5.17. The van der Waals surface area contributed by atoms with E-state index in [1.165, 1.54) is 11.3 Å². The number of pyridine rings is 1. The molecule has 1 N–H and O–H groups in total. The summed E-state index contributed by atoms with van der Waals surface area (Å²) < 4.78 is 6.67. The van der Waals surface area contributed by atoms with Gasteiger partial charge in [-0.2, -0.15) is 0 Å². The highest BCUT2D eigenvalue weighted by Crippen LogP contribution is 2.25. The molecule has 0 aliphatic carbocycles. The SMILES string of the molecule is CCc1nnc(NC(=O)c2cccnc2Oc2ccc(Br)cc2)s1. The van der Waals surface area contributed by atoms with Crippen molar-refractivity contribution in [3.05, 3.63) is 57.6 Å². The number of benzene rings is 1. The first-order chi connectivity index (χ1) is 11.7. The van der Waals surface area contributed by atoms with Gasteiger partial charge in [0.1, 0.15) is 16.3 Å². The second-order valence-electron chi connectivity index (χ2n) is 4.72. The average Bonchev–Trinajstić information content (AvgIpc) is 3.05. The fraction of sp³-hybridized carbons (Fsp3) is 0.125. The molecule has 2 heterocycles. The zero-order valence-corrected chi connectivity index (χ0v) is 15.1. The molecule has 122 valence electrons. The lowest BCUT2D eigenvalue weighted by Gasteiger charge is -2.09. The van der Waals surface area contributed by atoms with Gasteiger partial charge < -0.3 is 4.74 Å². The van der Waals surface area contributed by atoms with Crippen molar-refractivity contribution in [1.29, 1.82) is 0 Å². The second-order valence-corrected chi connectivity index (χ2v) is 6.70. The number of aromatic nitrogens is 3. The summed E-state index contributed by atoms with van der Waals surface area (Å²) in [6.45, 7) is 1.98. The number of rotatable bonds is 5. The smallest absolute Gasteiger partial charge is 0.262 e. The molecule has 0 spiro atoms. The van der Waals surface area contributed by atoms with Crippen molar-refractivity contribution in [2.75, 3.05) is 5.32 Å². The van der Waals surface area contributed by atoms with Gasteiger partial charge in [0.2, 0.25) is 11.0 Å². The van der Waals surface area contributed by atoms with Gasteiger partial charge >= 0.3 is 0 Å². The molecule has 0 unspecified atom stereocenters. The molecule has 0 atom stereocenters. The Labute approximate surface area is 151 Å². The van der Waals surface area contributed by atoms with Crippen molar-refractivity contribution >= 4 is 38.3 Å². The Bertz CT molecular complexity index is 851. The zero-order chi connectivity index (χ0) is 16.9. The van der Waals surface area contributed by atoms with Gasteiger partial charge in [-0.25, -0.2) is 4.98 Å². The van der Waals surface area contributed by atoms with Crippen LogP contribution in [0.5, 0.6) is 11.6 Å². The number of ether oxygens (including phenoxy) is 1. The normalized spacial score (nSPS) is 10.4. The fourth-order valence-electron chi connectivity index (χ4n) is 1.87. The maximum Gasteiger partial charge on any atom is 0.262 e. The molecular formula is C16H13BrN4O2S. The molecular weight excluding hydrogens is 392 g/mol. The van der Waals surface area contributed by atoms with E-state index < -0.39 is 0 Å². The van der Waals surface area contributed by atoms with E-state index in [2.05, 4.69) is 36.4 Å². The van der Waals surface area contributed by atoms with Crippen LogP contribution < -0.4 is 10.1 Å². The number of aryl methyl sites for hydroxylation is 1. The zero-order valence-electron chi connectivity index (χ0n) is 12.7. The van der Waals surface area contributed by atoms with E-state index in [9.17, 15) is 4.79 Å². The monoisotopic (exact) mass is 404 g/mol. The summed E-state index contributed by atoms with van der Waals surface area (Å²) in [6, 6.07) is 10.6. The van der Waals surface area contributed by atoms with Crippen LogP contribution in [0, 0.1) is 0 Å². The van der Waals surface area contributed by atoms with Crippen LogP contribution in [0.4, 0.5) is 5.13 Å². The van der Waals surface area contributed by atoms with Crippen molar-refractivity contribution in [3.8, 4) is 11.6 Å². The van der Waals surface area contributed by atoms with E-state index >= 15 is 0 Å². The average molecular weight is 405 g/mol. The highest BCUT2D eigenvalue weighted by atomic mass is 79.9. The van der Waals surface area contributed by atoms with E-state index in [-0.39, 0.29) is 11.8 Å². The van der Waals surface area contributed by atoms with Crippen LogP contribution in [-0.4, -0.2) is 21.1 Å². The first-order valence-corrected chi connectivity index (χ1v) is 8.79. The molecule has 0 aliphatic rings. The molecule has 0 saturated heterocycles. The van der Waals surface area contributed by atoms with Crippen molar-refractivity contribution in [2.45, 2.75) is 13.3 Å². The maximum absolute atomic E-state index is 12.5. The number of nitrogens with zero attached hydrogens (tertiary/aromatic N) is 3. The quantitative estimate of drug-likeness (QED) is 0.685. The van der Waals surface area contributed by atoms with Gasteiger partial charge in [-0.15, -0.1) is 10.2 Å². The van der Waals surface area contributed by atoms with Crippen molar-refractivity contribution in [1.82, 2.24) is 15.2 Å². The predicted molar refractivity (Wildman–Crippen MR) is 95.7 cm³/mol. The summed E-state index contributed by atoms with van der Waals surface area (Å²) in [5.74, 6) is 0.488. The van der Waals surface area contributed by atoms with Crippen LogP contribution in [0.3, 0.4) is 0 Å². The molecule has 0 aliphatic heterocycles. The van der Waals surface area contributed by atoms with Crippen molar-refractivity contribution < 1.29 is 9.53 Å². The van der Waals surface area contributed by atoms with E-state index in [0.717, 1.165) is 15.9 Å². The molecule has 6 nitrogen and oxygen atoms in total. The number of halogens is 1. The largest absolute Gasteiger partial charge is 0.438 e. The molecule has 1 aromatic carbocycles. The molecule has 2 aromatic heterocycles. The van der Waals surface area contributed by atoms with Gasteiger partial charge in [-0.05, 0) is 42.8 Å². The summed E-state index contributed by atoms with van der Waals surface area (Å²) in [5, 5.41) is 12.0. The Balaban J connectivity index is 1.80. The van der Waals surface area contributed by atoms with E-state index in [1.54, 1.807) is 30.5 Å². The highest BCUT2D eigenvalue weighted by molar-refractivity contribution is 9.10. The first kappa shape index (κ1) is 16.5. The summed E-state index contributed by atoms with van der Waals surface area (Å²) >= 11 is 4.71. The van der Waals surface area contributed by atoms with E-state index in [1.807, 2.05) is 19.1 Å². The number of hydrogen-bond acceptors (Lipinski definition) is 6. The number of carbonyl (C=O) groups is 1. The van der Waals surface area contributed by atoms with E-state index in [0.29, 0.717) is 16.4 Å². The number of nitrogens with one attached hydrogen (secondary N) is 1. The molecule has 0 fully saturated rings. The molecule has 1 amide bonds. The fourth-order valence-corrected chi connectivity index (χ4v) is 2.81. The minimum Gasteiger partial charge on any atom is -0.438 e. The number of hydrogen-bond donors (Lipinski definition) is 1. The maximum atomic E-state index is 12.5. The standard InChI is InChI=1S/C16H13BrN4O2S/c1-2-13-20-21-16(24-13)19-14(22)12-4-3-9-18-15(12)23-11-7-5-10(17)6-8-11/h3-9H,2H2,1H3,(H,19,21,22). The van der Waals surface area contributed by atoms with E-state index in [4.69, 9.17) is 4.74 Å². The molecule has 24 heavy (non-hydrogen) atoms. The summed E-state index contributed by atoms with van der Waals surface area (Å²) in [4.78, 5) is 16.6. The van der Waals surface area contributed by atoms with Crippen LogP contribution in [-0.2, 0) is 6.42 Å². The molecule has 0 radical (unpaired) electrons.